The van der Waals surface area contributed by atoms with Gasteiger partial charge in [0.05, 0.1) is 5.69 Å². The van der Waals surface area contributed by atoms with Crippen LogP contribution in [-0.4, -0.2) is 29.1 Å². The van der Waals surface area contributed by atoms with Crippen LogP contribution in [0.2, 0.25) is 0 Å². The maximum Gasteiger partial charge on any atom is 0.408 e. The van der Waals surface area contributed by atoms with E-state index >= 15 is 0 Å². The molecular weight excluding hydrogens is 406 g/mol. The van der Waals surface area contributed by atoms with Gasteiger partial charge in [0, 0.05) is 15.4 Å². The number of anilines is 1. The molecule has 0 atom stereocenters. The molecule has 0 saturated carbocycles. The summed E-state index contributed by atoms with van der Waals surface area (Å²) in [6.45, 7) is 7.10. The van der Waals surface area contributed by atoms with Crippen LogP contribution in [0.15, 0.2) is 28.1 Å². The van der Waals surface area contributed by atoms with Crippen LogP contribution in [0.1, 0.15) is 26.3 Å². The molecule has 0 fully saturated rings. The van der Waals surface area contributed by atoms with Crippen molar-refractivity contribution in [3.05, 3.63) is 33.6 Å². The van der Waals surface area contributed by atoms with Gasteiger partial charge in [-0.15, -0.1) is 11.3 Å². The number of nitrogens with one attached hydrogen (secondary N) is 2. The molecular formula is C17H20BrN3O3S. The van der Waals surface area contributed by atoms with Crippen molar-refractivity contribution in [3.8, 4) is 11.3 Å². The van der Waals surface area contributed by atoms with Crippen molar-refractivity contribution in [2.24, 2.45) is 0 Å². The number of aromatic nitrogens is 1. The van der Waals surface area contributed by atoms with Crippen LogP contribution in [0, 0.1) is 6.92 Å². The SMILES string of the molecule is Cc1ccc(-c2csc(NC(=O)CNC(=O)OC(C)(C)C)n2)cc1Br. The molecule has 25 heavy (non-hydrogen) atoms. The summed E-state index contributed by atoms with van der Waals surface area (Å²) in [6, 6.07) is 5.96. The number of ether oxygens (including phenoxy) is 1. The first kappa shape index (κ1) is 19.4. The number of amides is 2. The molecule has 0 radical (unpaired) electrons. The first-order valence-electron chi connectivity index (χ1n) is 7.63. The Morgan fingerprint density at radius 2 is 2.04 bits per heavy atom. The molecule has 1 aromatic carbocycles. The fraction of sp³-hybridized carbons (Fsp3) is 0.353. The van der Waals surface area contributed by atoms with E-state index in [0.717, 1.165) is 21.3 Å². The number of halogens is 1. The average Bonchev–Trinajstić information content (AvgIpc) is 2.95. The van der Waals surface area contributed by atoms with E-state index in [-0.39, 0.29) is 12.5 Å². The summed E-state index contributed by atoms with van der Waals surface area (Å²) in [5.41, 5.74) is 2.27. The number of hydrogen-bond donors (Lipinski definition) is 2. The van der Waals surface area contributed by atoms with Gasteiger partial charge < -0.3 is 15.4 Å². The number of alkyl carbamates (subject to hydrolysis) is 1. The lowest BCUT2D eigenvalue weighted by Gasteiger charge is -2.19. The highest BCUT2D eigenvalue weighted by atomic mass is 79.9. The lowest BCUT2D eigenvalue weighted by atomic mass is 10.1. The zero-order valence-corrected chi connectivity index (χ0v) is 16.9. The first-order valence-corrected chi connectivity index (χ1v) is 9.30. The second-order valence-corrected chi connectivity index (χ2v) is 8.12. The van der Waals surface area contributed by atoms with E-state index in [4.69, 9.17) is 4.74 Å². The number of carbonyl (C=O) groups is 2. The molecule has 134 valence electrons. The first-order chi connectivity index (χ1) is 11.6. The van der Waals surface area contributed by atoms with Crippen LogP contribution in [0.5, 0.6) is 0 Å². The number of aryl methyl sites for hydroxylation is 1. The van der Waals surface area contributed by atoms with Gasteiger partial charge in [-0.25, -0.2) is 9.78 Å². The number of benzene rings is 1. The fourth-order valence-corrected chi connectivity index (χ4v) is 2.96. The van der Waals surface area contributed by atoms with Crippen molar-refractivity contribution in [1.82, 2.24) is 10.3 Å². The molecule has 8 heteroatoms. The molecule has 0 unspecified atom stereocenters. The minimum atomic E-state index is -0.632. The zero-order chi connectivity index (χ0) is 18.6. The second-order valence-electron chi connectivity index (χ2n) is 6.41. The van der Waals surface area contributed by atoms with Crippen molar-refractivity contribution < 1.29 is 14.3 Å². The lowest BCUT2D eigenvalue weighted by Crippen LogP contribution is -2.37. The van der Waals surface area contributed by atoms with Crippen molar-refractivity contribution in [1.29, 1.82) is 0 Å². The predicted octanol–water partition coefficient (Wildman–Crippen LogP) is 4.34. The van der Waals surface area contributed by atoms with Gasteiger partial charge in [0.15, 0.2) is 5.13 Å². The summed E-state index contributed by atoms with van der Waals surface area (Å²) in [7, 11) is 0. The van der Waals surface area contributed by atoms with Gasteiger partial charge in [0.2, 0.25) is 5.91 Å². The van der Waals surface area contributed by atoms with E-state index < -0.39 is 11.7 Å². The monoisotopic (exact) mass is 425 g/mol. The Balaban J connectivity index is 1.91. The predicted molar refractivity (Wildman–Crippen MR) is 103 cm³/mol. The van der Waals surface area contributed by atoms with Crippen molar-refractivity contribution >= 4 is 44.4 Å². The third kappa shape index (κ3) is 6.13. The minimum Gasteiger partial charge on any atom is -0.444 e. The van der Waals surface area contributed by atoms with Crippen LogP contribution in [0.3, 0.4) is 0 Å². The van der Waals surface area contributed by atoms with Crippen LogP contribution < -0.4 is 10.6 Å². The number of hydrogen-bond acceptors (Lipinski definition) is 5. The third-order valence-electron chi connectivity index (χ3n) is 3.01. The van der Waals surface area contributed by atoms with Gasteiger partial charge in [-0.05, 0) is 39.3 Å². The summed E-state index contributed by atoms with van der Waals surface area (Å²) >= 11 is 4.82. The second kappa shape index (κ2) is 7.97. The van der Waals surface area contributed by atoms with Crippen molar-refractivity contribution in [2.75, 3.05) is 11.9 Å². The summed E-state index contributed by atoms with van der Waals surface area (Å²) in [6.07, 6.45) is -0.632. The maximum absolute atomic E-state index is 11.9. The van der Waals surface area contributed by atoms with Gasteiger partial charge in [-0.2, -0.15) is 0 Å². The number of nitrogens with zero attached hydrogens (tertiary/aromatic N) is 1. The summed E-state index contributed by atoms with van der Waals surface area (Å²) in [5, 5.41) is 7.42. The van der Waals surface area contributed by atoms with E-state index in [0.29, 0.717) is 5.13 Å². The smallest absolute Gasteiger partial charge is 0.408 e. The van der Waals surface area contributed by atoms with Crippen LogP contribution >= 0.6 is 27.3 Å². The topological polar surface area (TPSA) is 80.3 Å². The number of rotatable bonds is 4. The van der Waals surface area contributed by atoms with Gasteiger partial charge in [-0.1, -0.05) is 28.1 Å². The molecule has 6 nitrogen and oxygen atoms in total. The highest BCUT2D eigenvalue weighted by Crippen LogP contribution is 2.28. The van der Waals surface area contributed by atoms with Crippen LogP contribution in [-0.2, 0) is 9.53 Å². The molecule has 2 aromatic rings. The molecule has 1 heterocycles. The van der Waals surface area contributed by atoms with E-state index in [2.05, 4.69) is 31.5 Å². The summed E-state index contributed by atoms with van der Waals surface area (Å²) in [5.74, 6) is -0.364. The molecule has 0 spiro atoms. The Bertz CT molecular complexity index is 784. The number of thiazole rings is 1. The van der Waals surface area contributed by atoms with E-state index in [1.807, 2.05) is 30.5 Å². The largest absolute Gasteiger partial charge is 0.444 e. The Morgan fingerprint density at radius 1 is 1.32 bits per heavy atom. The normalized spacial score (nSPS) is 11.1. The summed E-state index contributed by atoms with van der Waals surface area (Å²) in [4.78, 5) is 27.8. The molecule has 2 N–H and O–H groups in total. The highest BCUT2D eigenvalue weighted by molar-refractivity contribution is 9.10. The fourth-order valence-electron chi connectivity index (χ4n) is 1.85. The van der Waals surface area contributed by atoms with Crippen LogP contribution in [0.25, 0.3) is 11.3 Å². The Labute approximate surface area is 159 Å². The van der Waals surface area contributed by atoms with E-state index in [1.165, 1.54) is 11.3 Å². The average molecular weight is 426 g/mol. The summed E-state index contributed by atoms with van der Waals surface area (Å²) < 4.78 is 6.08. The molecule has 2 amide bonds. The number of carbonyl (C=O) groups excluding carboxylic acids is 2. The Morgan fingerprint density at radius 3 is 2.68 bits per heavy atom. The minimum absolute atomic E-state index is 0.181. The Hall–Kier alpha value is -1.93. The standard InChI is InChI=1S/C17H20BrN3O3S/c1-10-5-6-11(7-12(10)18)13-9-25-15(20-13)21-14(22)8-19-16(23)24-17(2,3)4/h5-7,9H,8H2,1-4H3,(H,19,23)(H,20,21,22). The van der Waals surface area contributed by atoms with Gasteiger partial charge in [0.25, 0.3) is 0 Å². The molecule has 0 aliphatic carbocycles. The van der Waals surface area contributed by atoms with Crippen LogP contribution in [0.4, 0.5) is 9.93 Å². The van der Waals surface area contributed by atoms with Crippen molar-refractivity contribution in [2.45, 2.75) is 33.3 Å². The van der Waals surface area contributed by atoms with E-state index in [1.54, 1.807) is 20.8 Å². The highest BCUT2D eigenvalue weighted by Gasteiger charge is 2.17. The maximum atomic E-state index is 11.9. The quantitative estimate of drug-likeness (QED) is 0.762. The zero-order valence-electron chi connectivity index (χ0n) is 14.5. The molecule has 0 bridgehead atoms. The van der Waals surface area contributed by atoms with Gasteiger partial charge in [-0.3, -0.25) is 4.79 Å². The molecule has 0 saturated heterocycles. The molecule has 2 rings (SSSR count). The lowest BCUT2D eigenvalue weighted by molar-refractivity contribution is -0.115. The molecule has 0 aliphatic heterocycles. The molecule has 0 aliphatic rings. The molecule has 1 aromatic heterocycles. The van der Waals surface area contributed by atoms with E-state index in [9.17, 15) is 9.59 Å². The Kier molecular flexibility index (Phi) is 6.18. The third-order valence-corrected chi connectivity index (χ3v) is 4.62. The van der Waals surface area contributed by atoms with Gasteiger partial charge >= 0.3 is 6.09 Å². The van der Waals surface area contributed by atoms with Gasteiger partial charge in [0.1, 0.15) is 12.1 Å². The van der Waals surface area contributed by atoms with Crippen molar-refractivity contribution in [3.63, 3.8) is 0 Å².